The summed E-state index contributed by atoms with van der Waals surface area (Å²) >= 11 is 0. The van der Waals surface area contributed by atoms with Crippen molar-refractivity contribution in [2.24, 2.45) is 0 Å². The number of hydrogen-bond acceptors (Lipinski definition) is 7. The van der Waals surface area contributed by atoms with Crippen molar-refractivity contribution >= 4 is 22.6 Å². The lowest BCUT2D eigenvalue weighted by Gasteiger charge is -2.33. The van der Waals surface area contributed by atoms with Crippen molar-refractivity contribution in [1.82, 2.24) is 19.7 Å². The fraction of sp³-hybridized carbons (Fsp3) is 0.333. The molecule has 2 aromatic heterocycles. The van der Waals surface area contributed by atoms with Crippen molar-refractivity contribution in [3.63, 3.8) is 0 Å². The van der Waals surface area contributed by atoms with Crippen LogP contribution < -0.4 is 20.1 Å². The summed E-state index contributed by atoms with van der Waals surface area (Å²) in [5, 5.41) is 18.8. The van der Waals surface area contributed by atoms with Crippen LogP contribution >= 0.6 is 0 Å². The second kappa shape index (κ2) is 6.19. The Morgan fingerprint density at radius 3 is 2.97 bits per heavy atom. The van der Waals surface area contributed by atoms with Gasteiger partial charge in [-0.15, -0.1) is 5.10 Å². The van der Waals surface area contributed by atoms with Gasteiger partial charge in [-0.2, -0.15) is 0 Å². The predicted octanol–water partition coefficient (Wildman–Crippen LogP) is 0.799. The van der Waals surface area contributed by atoms with Gasteiger partial charge in [-0.3, -0.25) is 14.5 Å². The molecule has 0 amide bonds. The van der Waals surface area contributed by atoms with E-state index in [1.165, 1.54) is 10.9 Å². The number of halogens is 1. The molecular weight excluding hydrogens is 383 g/mol. The molecule has 0 bridgehead atoms. The normalized spacial score (nSPS) is 18.3. The lowest BCUT2D eigenvalue weighted by atomic mass is 10.1. The van der Waals surface area contributed by atoms with Crippen LogP contribution in [-0.2, 0) is 0 Å². The van der Waals surface area contributed by atoms with Gasteiger partial charge < -0.3 is 14.7 Å². The third-order valence-electron chi connectivity index (χ3n) is 5.44. The minimum Gasteiger partial charge on any atom is -0.477 e. The zero-order chi connectivity index (χ0) is 20.3. The Hall–Kier alpha value is -3.63. The third kappa shape index (κ3) is 2.53. The number of hydrogen-bond donors (Lipinski definition) is 1. The molecule has 0 radical (unpaired) electrons. The molecule has 150 valence electrons. The Balaban J connectivity index is 1.69. The first-order valence-electron chi connectivity index (χ1n) is 9.06. The summed E-state index contributed by atoms with van der Waals surface area (Å²) in [6.07, 6.45) is 5.38. The number of aromatic nitrogens is 4. The van der Waals surface area contributed by atoms with Crippen LogP contribution in [0.15, 0.2) is 29.5 Å². The van der Waals surface area contributed by atoms with Crippen molar-refractivity contribution in [3.05, 3.63) is 46.3 Å². The van der Waals surface area contributed by atoms with Crippen LogP contribution in [0, 0.1) is 5.82 Å². The summed E-state index contributed by atoms with van der Waals surface area (Å²) in [4.78, 5) is 26.0. The number of aromatic carboxylic acids is 1. The molecule has 0 spiro atoms. The van der Waals surface area contributed by atoms with E-state index in [0.29, 0.717) is 18.6 Å². The minimum atomic E-state index is -1.36. The van der Waals surface area contributed by atoms with Gasteiger partial charge in [0.1, 0.15) is 16.8 Å². The standard InChI is InChI=1S/C18H17FN6O4/c1-22-9-29-17-14-11(16(26)12(18(27)28)8-25(14)22)6-13(19)15(17)23-4-2-10(7-23)24-5-3-20-21-24/h3,5-6,8,10H,2,4,7,9H2,1H3,(H,27,28). The Bertz CT molecular complexity index is 1190. The molecule has 1 fully saturated rings. The molecule has 3 aromatic rings. The minimum absolute atomic E-state index is 0.0280. The highest BCUT2D eigenvalue weighted by molar-refractivity contribution is 5.97. The number of nitrogens with zero attached hydrogens (tertiary/aromatic N) is 6. The molecular formula is C18H17FN6O4. The highest BCUT2D eigenvalue weighted by Crippen LogP contribution is 2.42. The van der Waals surface area contributed by atoms with Crippen LogP contribution in [0.2, 0.25) is 0 Å². The number of carboxylic acids is 1. The molecule has 11 heteroatoms. The molecule has 1 N–H and O–H groups in total. The quantitative estimate of drug-likeness (QED) is 0.688. The number of carbonyl (C=O) groups is 1. The average molecular weight is 400 g/mol. The number of rotatable bonds is 3. The molecule has 0 aliphatic carbocycles. The summed E-state index contributed by atoms with van der Waals surface area (Å²) in [5.74, 6) is -1.74. The van der Waals surface area contributed by atoms with Crippen molar-refractivity contribution < 1.29 is 19.0 Å². The van der Waals surface area contributed by atoms with Crippen LogP contribution in [0.1, 0.15) is 22.8 Å². The van der Waals surface area contributed by atoms with E-state index in [2.05, 4.69) is 10.3 Å². The van der Waals surface area contributed by atoms with Crippen LogP contribution in [0.4, 0.5) is 10.1 Å². The molecule has 4 heterocycles. The monoisotopic (exact) mass is 400 g/mol. The third-order valence-corrected chi connectivity index (χ3v) is 5.44. The summed E-state index contributed by atoms with van der Waals surface area (Å²) in [7, 11) is 1.69. The molecule has 1 saturated heterocycles. The second-order valence-corrected chi connectivity index (χ2v) is 7.16. The van der Waals surface area contributed by atoms with Crippen LogP contribution in [0.5, 0.6) is 5.75 Å². The van der Waals surface area contributed by atoms with Crippen LogP contribution in [-0.4, -0.2) is 57.6 Å². The molecule has 1 unspecified atom stereocenters. The van der Waals surface area contributed by atoms with Gasteiger partial charge in [-0.05, 0) is 12.5 Å². The number of benzene rings is 1. The summed E-state index contributed by atoms with van der Waals surface area (Å²) in [6.45, 7) is 1.17. The van der Waals surface area contributed by atoms with Crippen LogP contribution in [0.25, 0.3) is 10.9 Å². The highest BCUT2D eigenvalue weighted by Gasteiger charge is 2.33. The fourth-order valence-corrected chi connectivity index (χ4v) is 4.04. The maximum Gasteiger partial charge on any atom is 0.341 e. The Morgan fingerprint density at radius 1 is 1.41 bits per heavy atom. The van der Waals surface area contributed by atoms with E-state index in [-0.39, 0.29) is 29.6 Å². The smallest absolute Gasteiger partial charge is 0.341 e. The molecule has 2 aliphatic heterocycles. The number of anilines is 1. The molecule has 1 atom stereocenters. The zero-order valence-electron chi connectivity index (χ0n) is 15.4. The van der Waals surface area contributed by atoms with Crippen molar-refractivity contribution in [2.45, 2.75) is 12.5 Å². The van der Waals surface area contributed by atoms with E-state index >= 15 is 4.39 Å². The van der Waals surface area contributed by atoms with Gasteiger partial charge in [0.15, 0.2) is 18.3 Å². The molecule has 10 nitrogen and oxygen atoms in total. The SMILES string of the molecule is CN1COc2c(N3CCC(n4ccnn4)C3)c(F)cc3c(=O)c(C(=O)O)cn1c23. The topological polar surface area (TPSA) is 106 Å². The molecule has 5 rings (SSSR count). The van der Waals surface area contributed by atoms with E-state index < -0.39 is 22.8 Å². The maximum absolute atomic E-state index is 15.2. The van der Waals surface area contributed by atoms with E-state index in [0.717, 1.165) is 12.5 Å². The number of ether oxygens (including phenoxy) is 1. The van der Waals surface area contributed by atoms with Crippen LogP contribution in [0.3, 0.4) is 0 Å². The second-order valence-electron chi connectivity index (χ2n) is 7.16. The summed E-state index contributed by atoms with van der Waals surface area (Å²) < 4.78 is 24.3. The zero-order valence-corrected chi connectivity index (χ0v) is 15.4. The van der Waals surface area contributed by atoms with Crippen molar-refractivity contribution in [2.75, 3.05) is 36.8 Å². The van der Waals surface area contributed by atoms with Gasteiger partial charge in [0, 0.05) is 32.5 Å². The van der Waals surface area contributed by atoms with E-state index in [1.807, 2.05) is 4.90 Å². The van der Waals surface area contributed by atoms with Gasteiger partial charge in [0.05, 0.1) is 17.6 Å². The van der Waals surface area contributed by atoms with Crippen molar-refractivity contribution in [1.29, 1.82) is 0 Å². The summed E-state index contributed by atoms with van der Waals surface area (Å²) in [5.41, 5.74) is -0.535. The Kier molecular flexibility index (Phi) is 3.73. The van der Waals surface area contributed by atoms with Gasteiger partial charge in [-0.1, -0.05) is 5.21 Å². The fourth-order valence-electron chi connectivity index (χ4n) is 4.04. The lowest BCUT2D eigenvalue weighted by molar-refractivity contribution is 0.0694. The highest BCUT2D eigenvalue weighted by atomic mass is 19.1. The molecule has 1 aromatic carbocycles. The number of pyridine rings is 1. The first-order chi connectivity index (χ1) is 14.0. The Morgan fingerprint density at radius 2 is 2.24 bits per heavy atom. The molecule has 29 heavy (non-hydrogen) atoms. The first kappa shape index (κ1) is 17.5. The molecule has 0 saturated carbocycles. The van der Waals surface area contributed by atoms with Gasteiger partial charge in [-0.25, -0.2) is 13.9 Å². The van der Waals surface area contributed by atoms with Gasteiger partial charge >= 0.3 is 5.97 Å². The van der Waals surface area contributed by atoms with Crippen molar-refractivity contribution in [3.8, 4) is 5.75 Å². The summed E-state index contributed by atoms with van der Waals surface area (Å²) in [6, 6.07) is 1.15. The van der Waals surface area contributed by atoms with E-state index in [4.69, 9.17) is 4.74 Å². The van der Waals surface area contributed by atoms with Gasteiger partial charge in [0.25, 0.3) is 0 Å². The Labute approximate surface area is 163 Å². The molecule has 2 aliphatic rings. The maximum atomic E-state index is 15.2. The predicted molar refractivity (Wildman–Crippen MR) is 101 cm³/mol. The largest absolute Gasteiger partial charge is 0.477 e. The van der Waals surface area contributed by atoms with Gasteiger partial charge in [0.2, 0.25) is 5.43 Å². The first-order valence-corrected chi connectivity index (χ1v) is 9.06. The van der Waals surface area contributed by atoms with E-state index in [9.17, 15) is 14.7 Å². The lowest BCUT2D eigenvalue weighted by Crippen LogP contribution is -2.40. The number of carboxylic acid groups (broad SMARTS) is 1. The van der Waals surface area contributed by atoms with E-state index in [1.54, 1.807) is 29.1 Å². The average Bonchev–Trinajstić information content (AvgIpc) is 3.37.